The van der Waals surface area contributed by atoms with Gasteiger partial charge in [0.15, 0.2) is 0 Å². The summed E-state index contributed by atoms with van der Waals surface area (Å²) in [5, 5.41) is 17.0. The number of hydrogen-bond donors (Lipinski definition) is 3. The van der Waals surface area contributed by atoms with Crippen LogP contribution >= 0.6 is 7.92 Å². The molecule has 6 nitrogen and oxygen atoms in total. The third-order valence-electron chi connectivity index (χ3n) is 1.96. The van der Waals surface area contributed by atoms with Gasteiger partial charge in [0, 0.05) is 19.3 Å². The third kappa shape index (κ3) is 9.40. The van der Waals surface area contributed by atoms with Crippen molar-refractivity contribution >= 4 is 25.8 Å². The second-order valence-electron chi connectivity index (χ2n) is 3.35. The van der Waals surface area contributed by atoms with E-state index in [9.17, 15) is 14.4 Å². The second kappa shape index (κ2) is 8.05. The fourth-order valence-electron chi connectivity index (χ4n) is 1.11. The highest BCUT2D eigenvalue weighted by Crippen LogP contribution is 2.37. The summed E-state index contributed by atoms with van der Waals surface area (Å²) in [6.07, 6.45) is 1.65. The van der Waals surface area contributed by atoms with Crippen LogP contribution in [-0.4, -0.2) is 46.5 Å². The number of carboxylic acid groups (broad SMARTS) is 2. The molecule has 0 aliphatic carbocycles. The zero-order valence-corrected chi connectivity index (χ0v) is 9.78. The van der Waals surface area contributed by atoms with Gasteiger partial charge in [-0.3, -0.25) is 14.4 Å². The topological polar surface area (TPSA) is 118 Å². The Morgan fingerprint density at radius 1 is 0.875 bits per heavy atom. The number of rotatable bonds is 9. The van der Waals surface area contributed by atoms with Crippen LogP contribution in [0.1, 0.15) is 19.3 Å². The molecule has 16 heavy (non-hydrogen) atoms. The number of primary amides is 1. The lowest BCUT2D eigenvalue weighted by Crippen LogP contribution is -2.13. The van der Waals surface area contributed by atoms with Crippen molar-refractivity contribution in [3.63, 3.8) is 0 Å². The Hall–Kier alpha value is -1.16. The van der Waals surface area contributed by atoms with Gasteiger partial charge in [-0.25, -0.2) is 0 Å². The molecule has 0 aliphatic heterocycles. The molecular formula is C9H16NO5P. The Morgan fingerprint density at radius 3 is 1.56 bits per heavy atom. The van der Waals surface area contributed by atoms with Gasteiger partial charge in [0.05, 0.1) is 0 Å². The summed E-state index contributed by atoms with van der Waals surface area (Å²) < 4.78 is 0. The molecule has 0 spiro atoms. The van der Waals surface area contributed by atoms with E-state index in [0.717, 1.165) is 0 Å². The van der Waals surface area contributed by atoms with Crippen LogP contribution in [0.25, 0.3) is 0 Å². The summed E-state index contributed by atoms with van der Waals surface area (Å²) in [7, 11) is -0.721. The van der Waals surface area contributed by atoms with Crippen LogP contribution in [0.5, 0.6) is 0 Å². The van der Waals surface area contributed by atoms with E-state index in [-0.39, 0.29) is 19.3 Å². The van der Waals surface area contributed by atoms with E-state index < -0.39 is 25.8 Å². The van der Waals surface area contributed by atoms with E-state index in [1.54, 1.807) is 0 Å². The zero-order valence-electron chi connectivity index (χ0n) is 8.89. The minimum atomic E-state index is -0.901. The van der Waals surface area contributed by atoms with Crippen molar-refractivity contribution in [3.8, 4) is 0 Å². The Kier molecular flexibility index (Phi) is 7.46. The zero-order chi connectivity index (χ0) is 12.6. The van der Waals surface area contributed by atoms with Gasteiger partial charge in [0.1, 0.15) is 0 Å². The highest BCUT2D eigenvalue weighted by Gasteiger charge is 2.13. The van der Waals surface area contributed by atoms with E-state index >= 15 is 0 Å². The predicted molar refractivity (Wildman–Crippen MR) is 59.8 cm³/mol. The molecule has 0 bridgehead atoms. The number of nitrogens with two attached hydrogens (primary N) is 1. The monoisotopic (exact) mass is 249 g/mol. The molecule has 0 unspecified atom stereocenters. The number of amides is 1. The fourth-order valence-corrected chi connectivity index (χ4v) is 3.33. The number of aliphatic carboxylic acids is 2. The lowest BCUT2D eigenvalue weighted by atomic mass is 10.5. The van der Waals surface area contributed by atoms with Gasteiger partial charge >= 0.3 is 11.9 Å². The van der Waals surface area contributed by atoms with Crippen LogP contribution in [0.2, 0.25) is 0 Å². The molecule has 0 aliphatic rings. The maximum atomic E-state index is 10.6. The Labute approximate surface area is 94.6 Å². The molecule has 0 heterocycles. The van der Waals surface area contributed by atoms with Gasteiger partial charge in [-0.1, -0.05) is 0 Å². The SMILES string of the molecule is NC(=O)CCP(CCC(=O)O)CCC(=O)O. The molecule has 1 amide bonds. The molecule has 0 aromatic carbocycles. The maximum Gasteiger partial charge on any atom is 0.303 e. The summed E-state index contributed by atoms with van der Waals surface area (Å²) >= 11 is 0. The minimum Gasteiger partial charge on any atom is -0.481 e. The molecule has 0 rings (SSSR count). The van der Waals surface area contributed by atoms with Crippen LogP contribution in [-0.2, 0) is 14.4 Å². The van der Waals surface area contributed by atoms with E-state index in [4.69, 9.17) is 15.9 Å². The molecule has 0 aromatic heterocycles. The summed E-state index contributed by atoms with van der Waals surface area (Å²) in [4.78, 5) is 31.3. The standard InChI is InChI=1S/C9H16NO5P/c10-7(11)1-4-16(5-2-8(12)13)6-3-9(14)15/h1-6H2,(H2,10,11)(H,12,13)(H,14,15). The highest BCUT2D eigenvalue weighted by atomic mass is 31.1. The molecule has 0 atom stereocenters. The summed E-state index contributed by atoms with van der Waals surface area (Å²) in [5.74, 6) is -2.23. The first-order valence-corrected chi connectivity index (χ1v) is 6.75. The summed E-state index contributed by atoms with van der Waals surface area (Å²) in [5.41, 5.74) is 4.99. The van der Waals surface area contributed by atoms with Gasteiger partial charge in [-0.05, 0) is 18.5 Å². The second-order valence-corrected chi connectivity index (χ2v) is 6.03. The molecule has 0 saturated heterocycles. The predicted octanol–water partition coefficient (Wildman–Crippen LogP) is 0.293. The van der Waals surface area contributed by atoms with Crippen molar-refractivity contribution in [1.29, 1.82) is 0 Å². The van der Waals surface area contributed by atoms with E-state index in [1.807, 2.05) is 0 Å². The highest BCUT2D eigenvalue weighted by molar-refractivity contribution is 7.57. The first-order valence-electron chi connectivity index (χ1n) is 4.86. The van der Waals surface area contributed by atoms with Crippen molar-refractivity contribution in [2.45, 2.75) is 19.3 Å². The lowest BCUT2D eigenvalue weighted by Gasteiger charge is -2.14. The van der Waals surface area contributed by atoms with Crippen molar-refractivity contribution in [2.75, 3.05) is 18.5 Å². The molecular weight excluding hydrogens is 233 g/mol. The normalized spacial score (nSPS) is 10.3. The smallest absolute Gasteiger partial charge is 0.303 e. The number of hydrogen-bond acceptors (Lipinski definition) is 3. The maximum absolute atomic E-state index is 10.6. The van der Waals surface area contributed by atoms with Crippen LogP contribution < -0.4 is 5.73 Å². The fraction of sp³-hybridized carbons (Fsp3) is 0.667. The van der Waals surface area contributed by atoms with E-state index in [1.165, 1.54) is 0 Å². The van der Waals surface area contributed by atoms with Crippen LogP contribution in [0.3, 0.4) is 0 Å². The Morgan fingerprint density at radius 2 is 1.25 bits per heavy atom. The molecule has 92 valence electrons. The van der Waals surface area contributed by atoms with Crippen molar-refractivity contribution < 1.29 is 24.6 Å². The third-order valence-corrected chi connectivity index (χ3v) is 4.53. The Bertz CT molecular complexity index is 226. The van der Waals surface area contributed by atoms with Gasteiger partial charge in [-0.2, -0.15) is 0 Å². The van der Waals surface area contributed by atoms with Crippen molar-refractivity contribution in [3.05, 3.63) is 0 Å². The van der Waals surface area contributed by atoms with Crippen molar-refractivity contribution in [1.82, 2.24) is 0 Å². The number of carbonyl (C=O) groups is 3. The number of carboxylic acids is 2. The Balaban J connectivity index is 3.98. The average Bonchev–Trinajstić information content (AvgIpc) is 2.15. The van der Waals surface area contributed by atoms with Crippen LogP contribution in [0, 0.1) is 0 Å². The first kappa shape index (κ1) is 14.8. The summed E-state index contributed by atoms with van der Waals surface area (Å²) in [6.45, 7) is 0. The lowest BCUT2D eigenvalue weighted by molar-refractivity contribution is -0.137. The average molecular weight is 249 g/mol. The van der Waals surface area contributed by atoms with Crippen molar-refractivity contribution in [2.24, 2.45) is 5.73 Å². The first-order chi connectivity index (χ1) is 7.41. The molecule has 0 aromatic rings. The van der Waals surface area contributed by atoms with Gasteiger partial charge in [0.25, 0.3) is 0 Å². The van der Waals surface area contributed by atoms with E-state index in [0.29, 0.717) is 18.5 Å². The van der Waals surface area contributed by atoms with Gasteiger partial charge in [-0.15, -0.1) is 7.92 Å². The minimum absolute atomic E-state index is 0.0179. The molecule has 0 fully saturated rings. The van der Waals surface area contributed by atoms with Gasteiger partial charge < -0.3 is 15.9 Å². The quantitative estimate of drug-likeness (QED) is 0.508. The van der Waals surface area contributed by atoms with E-state index in [2.05, 4.69) is 0 Å². The largest absolute Gasteiger partial charge is 0.481 e. The molecule has 0 saturated carbocycles. The van der Waals surface area contributed by atoms with Crippen LogP contribution in [0.15, 0.2) is 0 Å². The number of carbonyl (C=O) groups excluding carboxylic acids is 1. The summed E-state index contributed by atoms with van der Waals surface area (Å²) in [6, 6.07) is 0. The van der Waals surface area contributed by atoms with Gasteiger partial charge in [0.2, 0.25) is 5.91 Å². The van der Waals surface area contributed by atoms with Crippen LogP contribution in [0.4, 0.5) is 0 Å². The molecule has 4 N–H and O–H groups in total. The molecule has 7 heteroatoms. The molecule has 0 radical (unpaired) electrons.